The van der Waals surface area contributed by atoms with Crippen molar-refractivity contribution in [2.75, 3.05) is 52.1 Å². The van der Waals surface area contributed by atoms with E-state index in [0.29, 0.717) is 28.3 Å². The van der Waals surface area contributed by atoms with E-state index in [-0.39, 0.29) is 5.91 Å². The number of halogens is 1. The highest BCUT2D eigenvalue weighted by atomic mass is 35.5. The molecule has 0 unspecified atom stereocenters. The number of carbonyl (C=O) groups is 1. The van der Waals surface area contributed by atoms with Crippen LogP contribution in [-0.2, 0) is 0 Å². The topological polar surface area (TPSA) is 73.4 Å². The molecule has 170 valence electrons. The first-order valence-corrected chi connectivity index (χ1v) is 12.1. The van der Waals surface area contributed by atoms with Gasteiger partial charge in [0.1, 0.15) is 5.69 Å². The highest BCUT2D eigenvalue weighted by Gasteiger charge is 2.20. The number of carbonyl (C=O) groups excluding carboxylic acids is 1. The van der Waals surface area contributed by atoms with Crippen molar-refractivity contribution in [2.24, 2.45) is 0 Å². The number of aromatic nitrogens is 2. The van der Waals surface area contributed by atoms with Crippen molar-refractivity contribution in [3.05, 3.63) is 41.0 Å². The lowest BCUT2D eigenvalue weighted by Gasteiger charge is -2.38. The van der Waals surface area contributed by atoms with Crippen LogP contribution < -0.4 is 10.6 Å². The van der Waals surface area contributed by atoms with E-state index in [1.807, 2.05) is 24.3 Å². The van der Waals surface area contributed by atoms with Gasteiger partial charge in [0.2, 0.25) is 5.95 Å². The van der Waals surface area contributed by atoms with Gasteiger partial charge in [-0.1, -0.05) is 17.7 Å². The van der Waals surface area contributed by atoms with E-state index in [1.54, 1.807) is 24.6 Å². The largest absolute Gasteiger partial charge is 0.355 e. The van der Waals surface area contributed by atoms with Crippen molar-refractivity contribution in [1.29, 1.82) is 0 Å². The van der Waals surface area contributed by atoms with Gasteiger partial charge in [0.25, 0.3) is 5.91 Å². The monoisotopic (exact) mass is 472 g/mol. The number of anilines is 1. The molecule has 1 amide bonds. The third-order valence-corrected chi connectivity index (χ3v) is 7.27. The molecule has 0 aliphatic carbocycles. The van der Waals surface area contributed by atoms with Crippen molar-refractivity contribution in [3.8, 4) is 10.6 Å². The Kier molecular flexibility index (Phi) is 7.25. The normalized spacial score (nSPS) is 17.6. The summed E-state index contributed by atoms with van der Waals surface area (Å²) in [5, 5.41) is 7.43. The lowest BCUT2D eigenvalue weighted by molar-refractivity contribution is 0.0964. The van der Waals surface area contributed by atoms with Gasteiger partial charge in [0.15, 0.2) is 0 Å². The van der Waals surface area contributed by atoms with E-state index in [4.69, 9.17) is 11.6 Å². The molecule has 0 bridgehead atoms. The average Bonchev–Trinajstić information content (AvgIpc) is 3.22. The maximum Gasteiger partial charge on any atom is 0.251 e. The minimum absolute atomic E-state index is 0.106. The molecule has 7 nitrogen and oxygen atoms in total. The van der Waals surface area contributed by atoms with Gasteiger partial charge < -0.3 is 15.5 Å². The molecule has 3 aromatic rings. The fourth-order valence-corrected chi connectivity index (χ4v) is 5.47. The first kappa shape index (κ1) is 22.9. The minimum atomic E-state index is -0.106. The summed E-state index contributed by atoms with van der Waals surface area (Å²) in [6, 6.07) is 8.29. The molecule has 1 aliphatic heterocycles. The van der Waals surface area contributed by atoms with E-state index in [1.165, 1.54) is 0 Å². The molecule has 4 rings (SSSR count). The molecule has 2 N–H and O–H groups in total. The summed E-state index contributed by atoms with van der Waals surface area (Å²) < 4.78 is 1.02. The van der Waals surface area contributed by atoms with Crippen LogP contribution in [0.1, 0.15) is 23.7 Å². The smallest absolute Gasteiger partial charge is 0.251 e. The van der Waals surface area contributed by atoms with Crippen molar-refractivity contribution < 1.29 is 4.79 Å². The molecule has 0 spiro atoms. The van der Waals surface area contributed by atoms with E-state index in [2.05, 4.69) is 44.4 Å². The molecular weight excluding hydrogens is 444 g/mol. The van der Waals surface area contributed by atoms with Gasteiger partial charge in [-0.05, 0) is 38.6 Å². The van der Waals surface area contributed by atoms with Crippen LogP contribution in [-0.4, -0.2) is 78.5 Å². The average molecular weight is 473 g/mol. The number of hydrogen-bond acceptors (Lipinski definition) is 7. The molecule has 1 fully saturated rings. The molecule has 1 aliphatic rings. The summed E-state index contributed by atoms with van der Waals surface area (Å²) >= 11 is 8.01. The molecule has 1 aromatic carbocycles. The van der Waals surface area contributed by atoms with Crippen LogP contribution >= 0.6 is 22.9 Å². The van der Waals surface area contributed by atoms with Gasteiger partial charge in [0.05, 0.1) is 16.1 Å². The second-order valence-electron chi connectivity index (χ2n) is 8.22. The van der Waals surface area contributed by atoms with Crippen molar-refractivity contribution in [2.45, 2.75) is 19.4 Å². The maximum absolute atomic E-state index is 12.2. The Balaban J connectivity index is 1.44. The summed E-state index contributed by atoms with van der Waals surface area (Å²) in [6.07, 6.45) is 2.66. The number of fused-ring (bicyclic) bond motifs is 1. The van der Waals surface area contributed by atoms with Crippen LogP contribution in [0.5, 0.6) is 0 Å². The summed E-state index contributed by atoms with van der Waals surface area (Å²) in [5.74, 6) is 0.463. The Morgan fingerprint density at radius 3 is 2.97 bits per heavy atom. The molecule has 9 heteroatoms. The number of nitrogens with zero attached hydrogens (tertiary/aromatic N) is 4. The Morgan fingerprint density at radius 2 is 2.19 bits per heavy atom. The molecule has 0 saturated carbocycles. The second kappa shape index (κ2) is 10.1. The van der Waals surface area contributed by atoms with Crippen molar-refractivity contribution in [1.82, 2.24) is 25.1 Å². The number of benzene rings is 1. The zero-order valence-corrected chi connectivity index (χ0v) is 20.3. The fourth-order valence-electron chi connectivity index (χ4n) is 4.13. The molecule has 0 radical (unpaired) electrons. The first-order chi connectivity index (χ1) is 15.5. The minimum Gasteiger partial charge on any atom is -0.355 e. The second-order valence-corrected chi connectivity index (χ2v) is 9.72. The summed E-state index contributed by atoms with van der Waals surface area (Å²) in [6.45, 7) is 7.50. The zero-order valence-electron chi connectivity index (χ0n) is 18.7. The third kappa shape index (κ3) is 5.04. The predicted octanol–water partition coefficient (Wildman–Crippen LogP) is 3.81. The van der Waals surface area contributed by atoms with Gasteiger partial charge in [-0.3, -0.25) is 9.69 Å². The van der Waals surface area contributed by atoms with Gasteiger partial charge in [0, 0.05) is 61.5 Å². The Morgan fingerprint density at radius 1 is 1.34 bits per heavy atom. The van der Waals surface area contributed by atoms with Crippen molar-refractivity contribution >= 4 is 44.9 Å². The maximum atomic E-state index is 12.2. The van der Waals surface area contributed by atoms with E-state index >= 15 is 0 Å². The lowest BCUT2D eigenvalue weighted by Crippen LogP contribution is -2.50. The Bertz CT molecular complexity index is 1100. The number of hydrogen-bond donors (Lipinski definition) is 2. The summed E-state index contributed by atoms with van der Waals surface area (Å²) in [7, 11) is 3.82. The Labute approximate surface area is 197 Å². The summed E-state index contributed by atoms with van der Waals surface area (Å²) in [5.41, 5.74) is 1.33. The van der Waals surface area contributed by atoms with E-state index < -0.39 is 0 Å². The lowest BCUT2D eigenvalue weighted by atomic mass is 10.1. The number of likely N-dealkylation sites (N-methyl/N-ethyl adjacent to an activating group) is 1. The van der Waals surface area contributed by atoms with Crippen LogP contribution in [0.15, 0.2) is 30.5 Å². The number of rotatable bonds is 7. The number of amides is 1. The molecule has 32 heavy (non-hydrogen) atoms. The van der Waals surface area contributed by atoms with Gasteiger partial charge in [-0.2, -0.15) is 0 Å². The van der Waals surface area contributed by atoms with Crippen LogP contribution in [0.2, 0.25) is 5.02 Å². The highest BCUT2D eigenvalue weighted by Crippen LogP contribution is 2.37. The molecule has 1 atom stereocenters. The number of nitrogens with one attached hydrogen (secondary N) is 2. The number of piperazine rings is 1. The molecule has 2 aromatic heterocycles. The van der Waals surface area contributed by atoms with Gasteiger partial charge in [-0.25, -0.2) is 9.97 Å². The third-order valence-electron chi connectivity index (χ3n) is 5.88. The fraction of sp³-hybridized carbons (Fsp3) is 0.435. The quantitative estimate of drug-likeness (QED) is 0.509. The molecule has 3 heterocycles. The highest BCUT2D eigenvalue weighted by molar-refractivity contribution is 7.22. The van der Waals surface area contributed by atoms with Crippen LogP contribution in [0.25, 0.3) is 20.7 Å². The Hall–Kier alpha value is -2.26. The molecule has 1 saturated heterocycles. The van der Waals surface area contributed by atoms with Crippen LogP contribution in [0, 0.1) is 0 Å². The zero-order chi connectivity index (χ0) is 22.7. The van der Waals surface area contributed by atoms with Gasteiger partial charge in [-0.15, -0.1) is 11.3 Å². The molecular formula is C23H29ClN6OS. The predicted molar refractivity (Wildman–Crippen MR) is 133 cm³/mol. The van der Waals surface area contributed by atoms with Crippen LogP contribution in [0.3, 0.4) is 0 Å². The van der Waals surface area contributed by atoms with Crippen molar-refractivity contribution in [3.63, 3.8) is 0 Å². The van der Waals surface area contributed by atoms with E-state index in [9.17, 15) is 4.79 Å². The number of thiophene rings is 1. The summed E-state index contributed by atoms with van der Waals surface area (Å²) in [4.78, 5) is 27.1. The first-order valence-electron chi connectivity index (χ1n) is 10.9. The van der Waals surface area contributed by atoms with E-state index in [0.717, 1.165) is 54.1 Å². The standard InChI is InChI=1S/C23H29ClN6OS/c1-15-14-29(3)10-11-30(15)9-5-8-26-23-27-13-18(24)21(28-23)20-12-17-16(22(31)25-2)6-4-7-19(17)32-20/h4,6-7,12-13,15H,5,8-11,14H2,1-3H3,(H,25,31)(H,26,27,28)/t15-/m1/s1. The van der Waals surface area contributed by atoms with Gasteiger partial charge >= 0.3 is 0 Å². The van der Waals surface area contributed by atoms with Crippen LogP contribution in [0.4, 0.5) is 5.95 Å². The SMILES string of the molecule is CNC(=O)c1cccc2sc(-c3nc(NCCCN4CCN(C)C[C@H]4C)ncc3Cl)cc12.